The number of carbonyl (C=O) groups is 2. The third kappa shape index (κ3) is 8.58. The minimum absolute atomic E-state index is 0.00244. The minimum Gasteiger partial charge on any atom is -0.493 e. The van der Waals surface area contributed by atoms with Gasteiger partial charge in [0.25, 0.3) is 10.0 Å². The van der Waals surface area contributed by atoms with Gasteiger partial charge in [0, 0.05) is 30.1 Å². The van der Waals surface area contributed by atoms with Crippen molar-refractivity contribution in [2.24, 2.45) is 0 Å². The standard InChI is InChI=1S/C35H38ClN3O6S/c1-25(2)37-35(41)31(21-26-12-7-5-8-13-26)38(23-27-14-11-15-28(36)20-27)34(40)24-39(46(42,43)30-16-9-6-10-17-30)29-18-19-32(44-3)33(22-29)45-4/h5-20,22,25,31H,21,23-24H2,1-4H3,(H,37,41)/t31-/m1/s1. The molecule has 0 radical (unpaired) electrons. The first-order valence-corrected chi connectivity index (χ1v) is 16.5. The monoisotopic (exact) mass is 663 g/mol. The largest absolute Gasteiger partial charge is 0.493 e. The van der Waals surface area contributed by atoms with Gasteiger partial charge in [-0.15, -0.1) is 0 Å². The number of hydrogen-bond donors (Lipinski definition) is 1. The predicted molar refractivity (Wildman–Crippen MR) is 180 cm³/mol. The van der Waals surface area contributed by atoms with Crippen molar-refractivity contribution in [2.45, 2.75) is 43.8 Å². The highest BCUT2D eigenvalue weighted by atomic mass is 35.5. The molecule has 46 heavy (non-hydrogen) atoms. The first kappa shape index (κ1) is 34.3. The molecule has 0 saturated carbocycles. The number of carbonyl (C=O) groups excluding carboxylic acids is 2. The van der Waals surface area contributed by atoms with Crippen LogP contribution in [0.1, 0.15) is 25.0 Å². The van der Waals surface area contributed by atoms with E-state index in [0.29, 0.717) is 16.3 Å². The summed E-state index contributed by atoms with van der Waals surface area (Å²) in [6.45, 7) is 3.08. The number of amides is 2. The van der Waals surface area contributed by atoms with Gasteiger partial charge < -0.3 is 19.7 Å². The van der Waals surface area contributed by atoms with Gasteiger partial charge in [0.05, 0.1) is 24.8 Å². The number of rotatable bonds is 14. The summed E-state index contributed by atoms with van der Waals surface area (Å²) in [6, 6.07) is 27.7. The second-order valence-electron chi connectivity index (χ2n) is 10.9. The van der Waals surface area contributed by atoms with Crippen molar-refractivity contribution in [2.75, 3.05) is 25.1 Å². The van der Waals surface area contributed by atoms with Crippen LogP contribution < -0.4 is 19.1 Å². The Bertz CT molecular complexity index is 1740. The minimum atomic E-state index is -4.26. The molecular weight excluding hydrogens is 626 g/mol. The lowest BCUT2D eigenvalue weighted by Crippen LogP contribution is -2.54. The SMILES string of the molecule is COc1ccc(N(CC(=O)N(Cc2cccc(Cl)c2)[C@H](Cc2ccccc2)C(=O)NC(C)C)S(=O)(=O)c2ccccc2)cc1OC. The molecule has 1 atom stereocenters. The number of benzene rings is 4. The Balaban J connectivity index is 1.84. The Hall–Kier alpha value is -4.54. The van der Waals surface area contributed by atoms with Crippen molar-refractivity contribution < 1.29 is 27.5 Å². The third-order valence-corrected chi connectivity index (χ3v) is 9.23. The van der Waals surface area contributed by atoms with Crippen molar-refractivity contribution in [3.05, 3.63) is 119 Å². The van der Waals surface area contributed by atoms with Gasteiger partial charge in [-0.1, -0.05) is 72.3 Å². The number of nitrogens with one attached hydrogen (secondary N) is 1. The summed E-state index contributed by atoms with van der Waals surface area (Å²) in [7, 11) is -1.35. The zero-order chi connectivity index (χ0) is 33.3. The average molecular weight is 664 g/mol. The Labute approximate surface area is 275 Å². The highest BCUT2D eigenvalue weighted by molar-refractivity contribution is 7.92. The quantitative estimate of drug-likeness (QED) is 0.185. The molecule has 4 rings (SSSR count). The fraction of sp³-hybridized carbons (Fsp3) is 0.257. The van der Waals surface area contributed by atoms with E-state index in [9.17, 15) is 18.0 Å². The van der Waals surface area contributed by atoms with E-state index in [4.69, 9.17) is 21.1 Å². The van der Waals surface area contributed by atoms with Crippen LogP contribution in [-0.4, -0.2) is 58.0 Å². The maximum absolute atomic E-state index is 14.5. The van der Waals surface area contributed by atoms with E-state index in [0.717, 1.165) is 9.87 Å². The number of sulfonamides is 1. The molecule has 0 aliphatic carbocycles. The summed E-state index contributed by atoms with van der Waals surface area (Å²) in [5.74, 6) is -0.271. The van der Waals surface area contributed by atoms with Crippen molar-refractivity contribution in [3.63, 3.8) is 0 Å². The van der Waals surface area contributed by atoms with Crippen molar-refractivity contribution in [1.29, 1.82) is 0 Å². The molecule has 11 heteroatoms. The summed E-state index contributed by atoms with van der Waals surface area (Å²) in [5, 5.41) is 3.41. The van der Waals surface area contributed by atoms with Crippen LogP contribution in [0.2, 0.25) is 5.02 Å². The van der Waals surface area contributed by atoms with Gasteiger partial charge in [0.2, 0.25) is 11.8 Å². The Morgan fingerprint density at radius 2 is 1.43 bits per heavy atom. The Kier molecular flexibility index (Phi) is 11.7. The Morgan fingerprint density at radius 1 is 0.804 bits per heavy atom. The highest BCUT2D eigenvalue weighted by Gasteiger charge is 2.35. The summed E-state index contributed by atoms with van der Waals surface area (Å²) in [4.78, 5) is 29.8. The van der Waals surface area contributed by atoms with Gasteiger partial charge in [-0.25, -0.2) is 8.42 Å². The van der Waals surface area contributed by atoms with Crippen LogP contribution in [0.25, 0.3) is 0 Å². The lowest BCUT2D eigenvalue weighted by atomic mass is 10.0. The lowest BCUT2D eigenvalue weighted by molar-refractivity contribution is -0.140. The molecule has 0 heterocycles. The van der Waals surface area contributed by atoms with E-state index < -0.39 is 28.5 Å². The van der Waals surface area contributed by atoms with E-state index in [-0.39, 0.29) is 41.2 Å². The Morgan fingerprint density at radius 3 is 2.04 bits per heavy atom. The summed E-state index contributed by atoms with van der Waals surface area (Å²) in [5.41, 5.74) is 1.70. The smallest absolute Gasteiger partial charge is 0.264 e. The van der Waals surface area contributed by atoms with Gasteiger partial charge in [-0.05, 0) is 61.4 Å². The second kappa shape index (κ2) is 15.6. The summed E-state index contributed by atoms with van der Waals surface area (Å²) >= 11 is 6.30. The molecule has 0 aliphatic rings. The van der Waals surface area contributed by atoms with Crippen LogP contribution >= 0.6 is 11.6 Å². The van der Waals surface area contributed by atoms with Crippen molar-refractivity contribution in [3.8, 4) is 11.5 Å². The first-order valence-electron chi connectivity index (χ1n) is 14.7. The first-order chi connectivity index (χ1) is 22.0. The van der Waals surface area contributed by atoms with Gasteiger partial charge in [-0.3, -0.25) is 13.9 Å². The van der Waals surface area contributed by atoms with Crippen LogP contribution in [0.15, 0.2) is 108 Å². The van der Waals surface area contributed by atoms with Crippen LogP contribution in [0, 0.1) is 0 Å². The van der Waals surface area contributed by atoms with Crippen LogP contribution in [0.3, 0.4) is 0 Å². The molecule has 0 saturated heterocycles. The molecule has 4 aromatic rings. The molecule has 0 unspecified atom stereocenters. The molecular formula is C35H38ClN3O6S. The number of ether oxygens (including phenoxy) is 2. The summed E-state index contributed by atoms with van der Waals surface area (Å²) in [6.07, 6.45) is 0.202. The number of halogens is 1. The van der Waals surface area contributed by atoms with Gasteiger partial charge in [0.1, 0.15) is 12.6 Å². The van der Waals surface area contributed by atoms with E-state index in [1.165, 1.54) is 37.3 Å². The van der Waals surface area contributed by atoms with Crippen molar-refractivity contribution >= 4 is 39.1 Å². The van der Waals surface area contributed by atoms with E-state index >= 15 is 0 Å². The second-order valence-corrected chi connectivity index (χ2v) is 13.2. The molecule has 0 aromatic heterocycles. The maximum atomic E-state index is 14.5. The number of nitrogens with zero attached hydrogens (tertiary/aromatic N) is 2. The highest BCUT2D eigenvalue weighted by Crippen LogP contribution is 2.34. The van der Waals surface area contributed by atoms with E-state index in [1.54, 1.807) is 54.6 Å². The van der Waals surface area contributed by atoms with Crippen LogP contribution in [0.4, 0.5) is 5.69 Å². The predicted octanol–water partition coefficient (Wildman–Crippen LogP) is 5.72. The zero-order valence-electron chi connectivity index (χ0n) is 26.2. The van der Waals surface area contributed by atoms with E-state index in [2.05, 4.69) is 5.32 Å². The fourth-order valence-corrected chi connectivity index (χ4v) is 6.64. The molecule has 242 valence electrons. The molecule has 1 N–H and O–H groups in total. The molecule has 0 bridgehead atoms. The molecule has 2 amide bonds. The number of hydrogen-bond acceptors (Lipinski definition) is 6. The molecule has 4 aromatic carbocycles. The third-order valence-electron chi connectivity index (χ3n) is 7.21. The number of anilines is 1. The molecule has 0 fully saturated rings. The van der Waals surface area contributed by atoms with Gasteiger partial charge >= 0.3 is 0 Å². The zero-order valence-corrected chi connectivity index (χ0v) is 27.8. The summed E-state index contributed by atoms with van der Waals surface area (Å²) < 4.78 is 40.2. The van der Waals surface area contributed by atoms with Crippen molar-refractivity contribution in [1.82, 2.24) is 10.2 Å². The van der Waals surface area contributed by atoms with Gasteiger partial charge in [-0.2, -0.15) is 0 Å². The van der Waals surface area contributed by atoms with Crippen LogP contribution in [0.5, 0.6) is 11.5 Å². The molecule has 9 nitrogen and oxygen atoms in total. The number of methoxy groups -OCH3 is 2. The van der Waals surface area contributed by atoms with Crippen LogP contribution in [-0.2, 0) is 32.6 Å². The molecule has 0 spiro atoms. The molecule has 0 aliphatic heterocycles. The maximum Gasteiger partial charge on any atom is 0.264 e. The normalized spacial score (nSPS) is 11.9. The topological polar surface area (TPSA) is 105 Å². The lowest BCUT2D eigenvalue weighted by Gasteiger charge is -2.34. The average Bonchev–Trinajstić information content (AvgIpc) is 3.05. The fourth-order valence-electron chi connectivity index (χ4n) is 5.00. The van der Waals surface area contributed by atoms with Gasteiger partial charge in [0.15, 0.2) is 11.5 Å². The van der Waals surface area contributed by atoms with E-state index in [1.807, 2.05) is 44.2 Å².